The van der Waals surface area contributed by atoms with Crippen LogP contribution in [0, 0.1) is 0 Å². The van der Waals surface area contributed by atoms with Crippen molar-refractivity contribution in [1.82, 2.24) is 0 Å². The molecule has 0 N–H and O–H groups in total. The third-order valence-electron chi connectivity index (χ3n) is 3.47. The highest BCUT2D eigenvalue weighted by Gasteiger charge is 2.01. The maximum absolute atomic E-state index is 2.39. The first-order chi connectivity index (χ1) is 8.88. The third-order valence-corrected chi connectivity index (χ3v) is 4.55. The van der Waals surface area contributed by atoms with Crippen LogP contribution in [-0.4, -0.2) is 0 Å². The fourth-order valence-electron chi connectivity index (χ4n) is 2.44. The summed E-state index contributed by atoms with van der Waals surface area (Å²) in [7, 11) is 1.33. The van der Waals surface area contributed by atoms with Crippen molar-refractivity contribution in [3.05, 3.63) is 53.8 Å². The van der Waals surface area contributed by atoms with Crippen LogP contribution in [0.1, 0.15) is 25.3 Å². The molecule has 0 bridgehead atoms. The van der Waals surface area contributed by atoms with Crippen LogP contribution >= 0.6 is 8.19 Å². The molecule has 1 aromatic heterocycles. The molecule has 0 saturated carbocycles. The van der Waals surface area contributed by atoms with Crippen molar-refractivity contribution in [1.29, 1.82) is 0 Å². The third kappa shape index (κ3) is 2.13. The standard InChI is InChI=1S/C17H17P/c1-2-3-6-13-9-10-17-16(11-13)15-8-5-4-7-14(15)12-18-17/h4-5,7-12H,2-3,6H2,1H3. The summed E-state index contributed by atoms with van der Waals surface area (Å²) in [4.78, 5) is 0. The van der Waals surface area contributed by atoms with Gasteiger partial charge in [0.1, 0.15) is 0 Å². The largest absolute Gasteiger partial charge is 0.0672 e. The Morgan fingerprint density at radius 3 is 2.78 bits per heavy atom. The van der Waals surface area contributed by atoms with E-state index in [1.54, 1.807) is 0 Å². The average molecular weight is 252 g/mol. The lowest BCUT2D eigenvalue weighted by Crippen LogP contribution is -1.84. The Balaban J connectivity index is 2.20. The van der Waals surface area contributed by atoms with E-state index in [1.165, 1.54) is 54.3 Å². The van der Waals surface area contributed by atoms with Crippen molar-refractivity contribution in [2.24, 2.45) is 0 Å². The molecule has 0 nitrogen and oxygen atoms in total. The van der Waals surface area contributed by atoms with Crippen molar-refractivity contribution in [3.8, 4) is 0 Å². The number of hydrogen-bond donors (Lipinski definition) is 0. The van der Waals surface area contributed by atoms with Crippen molar-refractivity contribution in [2.45, 2.75) is 26.2 Å². The summed E-state index contributed by atoms with van der Waals surface area (Å²) in [5.41, 5.74) is 1.47. The van der Waals surface area contributed by atoms with Gasteiger partial charge in [-0.25, -0.2) is 0 Å². The molecule has 0 atom stereocenters. The van der Waals surface area contributed by atoms with E-state index in [1.807, 2.05) is 0 Å². The predicted octanol–water partition coefficient (Wildman–Crippen LogP) is 5.92. The minimum atomic E-state index is 1.20. The molecule has 0 aliphatic heterocycles. The van der Waals surface area contributed by atoms with Gasteiger partial charge in [-0.3, -0.25) is 0 Å². The second-order valence-electron chi connectivity index (χ2n) is 4.80. The zero-order valence-electron chi connectivity index (χ0n) is 10.7. The Kier molecular flexibility index (Phi) is 3.30. The number of aryl methyl sites for hydroxylation is 1. The molecule has 18 heavy (non-hydrogen) atoms. The second kappa shape index (κ2) is 5.08. The normalized spacial score (nSPS) is 11.6. The Morgan fingerprint density at radius 2 is 1.89 bits per heavy atom. The lowest BCUT2D eigenvalue weighted by molar-refractivity contribution is 0.796. The van der Waals surface area contributed by atoms with Gasteiger partial charge in [0.15, 0.2) is 0 Å². The first kappa shape index (κ1) is 11.7. The molecule has 0 aliphatic carbocycles. The summed E-state index contributed by atoms with van der Waals surface area (Å²) >= 11 is 0. The average Bonchev–Trinajstić information content (AvgIpc) is 2.45. The van der Waals surface area contributed by atoms with Crippen LogP contribution in [0.4, 0.5) is 0 Å². The zero-order valence-corrected chi connectivity index (χ0v) is 11.6. The molecule has 3 rings (SSSR count). The molecule has 0 amide bonds. The molecule has 0 radical (unpaired) electrons. The second-order valence-corrected chi connectivity index (χ2v) is 5.80. The van der Waals surface area contributed by atoms with Crippen LogP contribution in [0.5, 0.6) is 0 Å². The predicted molar refractivity (Wildman–Crippen MR) is 82.6 cm³/mol. The van der Waals surface area contributed by atoms with Crippen molar-refractivity contribution < 1.29 is 0 Å². The summed E-state index contributed by atoms with van der Waals surface area (Å²) in [6, 6.07) is 15.7. The highest BCUT2D eigenvalue weighted by Crippen LogP contribution is 2.32. The van der Waals surface area contributed by atoms with E-state index in [-0.39, 0.29) is 0 Å². The molecule has 2 aromatic carbocycles. The van der Waals surface area contributed by atoms with Crippen LogP contribution in [0.25, 0.3) is 21.3 Å². The minimum absolute atomic E-state index is 1.20. The van der Waals surface area contributed by atoms with E-state index in [9.17, 15) is 0 Å². The van der Waals surface area contributed by atoms with Gasteiger partial charge in [0.05, 0.1) is 0 Å². The number of fused-ring (bicyclic) bond motifs is 3. The minimum Gasteiger partial charge on any atom is -0.0672 e. The summed E-state index contributed by atoms with van der Waals surface area (Å²) in [5, 5.41) is 5.64. The Hall–Kier alpha value is -1.39. The van der Waals surface area contributed by atoms with Gasteiger partial charge >= 0.3 is 0 Å². The monoisotopic (exact) mass is 252 g/mol. The fourth-order valence-corrected chi connectivity index (χ4v) is 3.43. The zero-order chi connectivity index (χ0) is 12.4. The van der Waals surface area contributed by atoms with E-state index < -0.39 is 0 Å². The smallest absolute Gasteiger partial charge is 0.00968 e. The number of hydrogen-bond acceptors (Lipinski definition) is 0. The van der Waals surface area contributed by atoms with Gasteiger partial charge in [0.25, 0.3) is 0 Å². The Labute approximate surface area is 110 Å². The molecule has 0 aliphatic rings. The van der Waals surface area contributed by atoms with E-state index in [4.69, 9.17) is 0 Å². The summed E-state index contributed by atoms with van der Waals surface area (Å²) < 4.78 is 0. The fraction of sp³-hybridized carbons (Fsp3) is 0.235. The lowest BCUT2D eigenvalue weighted by atomic mass is 10.0. The molecule has 1 heteroatoms. The molecule has 0 unspecified atom stereocenters. The molecule has 1 heterocycles. The first-order valence-corrected chi connectivity index (χ1v) is 7.61. The van der Waals surface area contributed by atoms with Crippen molar-refractivity contribution in [2.75, 3.05) is 0 Å². The van der Waals surface area contributed by atoms with Crippen LogP contribution in [0.2, 0.25) is 0 Å². The van der Waals surface area contributed by atoms with Gasteiger partial charge in [0.2, 0.25) is 0 Å². The number of benzene rings is 2. The Morgan fingerprint density at radius 1 is 1.00 bits per heavy atom. The van der Waals surface area contributed by atoms with E-state index in [2.05, 4.69) is 55.2 Å². The van der Waals surface area contributed by atoms with E-state index in [0.717, 1.165) is 0 Å². The SMILES string of the molecule is CCCCc1ccc2pcc3ccccc3c2c1. The topological polar surface area (TPSA) is 0 Å². The van der Waals surface area contributed by atoms with Crippen molar-refractivity contribution >= 4 is 29.5 Å². The summed E-state index contributed by atoms with van der Waals surface area (Å²) in [6.07, 6.45) is 3.75. The highest BCUT2D eigenvalue weighted by molar-refractivity contribution is 7.36. The first-order valence-electron chi connectivity index (χ1n) is 6.65. The molecular weight excluding hydrogens is 235 g/mol. The van der Waals surface area contributed by atoms with Crippen LogP contribution in [-0.2, 0) is 6.42 Å². The quantitative estimate of drug-likeness (QED) is 0.508. The maximum atomic E-state index is 2.39. The highest BCUT2D eigenvalue weighted by atomic mass is 31.0. The van der Waals surface area contributed by atoms with E-state index >= 15 is 0 Å². The van der Waals surface area contributed by atoms with Gasteiger partial charge < -0.3 is 0 Å². The van der Waals surface area contributed by atoms with Gasteiger partial charge in [-0.05, 0) is 46.4 Å². The van der Waals surface area contributed by atoms with E-state index in [0.29, 0.717) is 0 Å². The molecule has 3 aromatic rings. The van der Waals surface area contributed by atoms with Gasteiger partial charge in [-0.2, -0.15) is 0 Å². The van der Waals surface area contributed by atoms with Gasteiger partial charge in [0, 0.05) is 5.12 Å². The number of unbranched alkanes of at least 4 members (excludes halogenated alkanes) is 1. The molecule has 0 fully saturated rings. The van der Waals surface area contributed by atoms with Gasteiger partial charge in [-0.15, -0.1) is 0 Å². The molecule has 0 saturated heterocycles. The Bertz CT molecular complexity index is 685. The number of rotatable bonds is 3. The molecule has 90 valence electrons. The molecule has 0 spiro atoms. The lowest BCUT2D eigenvalue weighted by Gasteiger charge is -2.06. The van der Waals surface area contributed by atoms with Crippen LogP contribution in [0.15, 0.2) is 48.3 Å². The van der Waals surface area contributed by atoms with Crippen molar-refractivity contribution in [3.63, 3.8) is 0 Å². The van der Waals surface area contributed by atoms with Gasteiger partial charge in [-0.1, -0.05) is 57.9 Å². The molecular formula is C17H17P. The van der Waals surface area contributed by atoms with Crippen LogP contribution < -0.4 is 0 Å². The maximum Gasteiger partial charge on any atom is 0.00968 e. The summed E-state index contributed by atoms with van der Waals surface area (Å²) in [6.45, 7) is 2.25. The summed E-state index contributed by atoms with van der Waals surface area (Å²) in [5.74, 6) is 2.31. The van der Waals surface area contributed by atoms with Crippen LogP contribution in [0.3, 0.4) is 0 Å².